The molecule has 0 radical (unpaired) electrons. The Morgan fingerprint density at radius 3 is 2.89 bits per heavy atom. The Balaban J connectivity index is 2.01. The van der Waals surface area contributed by atoms with E-state index in [9.17, 15) is 4.79 Å². The molecule has 1 aromatic heterocycles. The fourth-order valence-electron chi connectivity index (χ4n) is 2.27. The van der Waals surface area contributed by atoms with E-state index in [0.717, 1.165) is 31.0 Å². The molecule has 2 N–H and O–H groups in total. The Kier molecular flexibility index (Phi) is 4.77. The van der Waals surface area contributed by atoms with Gasteiger partial charge in [0.05, 0.1) is 11.3 Å². The maximum atomic E-state index is 12.3. The van der Waals surface area contributed by atoms with Crippen LogP contribution in [0.5, 0.6) is 0 Å². The Labute approximate surface area is 115 Å². The summed E-state index contributed by atoms with van der Waals surface area (Å²) in [6.07, 6.45) is 8.08. The Morgan fingerprint density at radius 1 is 1.47 bits per heavy atom. The molecule has 1 aliphatic carbocycles. The lowest BCUT2D eigenvalue weighted by atomic mass is 10.1. The lowest BCUT2D eigenvalue weighted by Gasteiger charge is -2.18. The summed E-state index contributed by atoms with van der Waals surface area (Å²) in [6, 6.07) is 2.13. The van der Waals surface area contributed by atoms with Crippen LogP contribution in [0.3, 0.4) is 0 Å². The summed E-state index contributed by atoms with van der Waals surface area (Å²) in [4.78, 5) is 16.4. The van der Waals surface area contributed by atoms with Crippen LogP contribution in [0.25, 0.3) is 0 Å². The quantitative estimate of drug-likeness (QED) is 0.793. The molecule has 104 valence electrons. The molecule has 4 nitrogen and oxygen atoms in total. The van der Waals surface area contributed by atoms with Crippen LogP contribution in [0.15, 0.2) is 18.5 Å². The van der Waals surface area contributed by atoms with Crippen molar-refractivity contribution in [3.05, 3.63) is 24.0 Å². The van der Waals surface area contributed by atoms with Crippen molar-refractivity contribution >= 4 is 11.6 Å². The second-order valence-electron chi connectivity index (χ2n) is 5.21. The Hall–Kier alpha value is -1.58. The number of hydrogen-bond donors (Lipinski definition) is 2. The van der Waals surface area contributed by atoms with Gasteiger partial charge in [0.25, 0.3) is 5.91 Å². The van der Waals surface area contributed by atoms with Crippen LogP contribution in [-0.2, 0) is 0 Å². The molecule has 1 aliphatic rings. The summed E-state index contributed by atoms with van der Waals surface area (Å²) >= 11 is 0. The molecule has 1 fully saturated rings. The molecule has 4 heteroatoms. The highest BCUT2D eigenvalue weighted by Gasteiger charge is 2.26. The standard InChI is InChI=1S/C15H23N3O/c1-3-12(9-11-5-6-11)18-15(19)13-10-16-8-7-14(13)17-4-2/h7-8,10-12H,3-6,9H2,1-2H3,(H,16,17)(H,18,19). The molecule has 1 aromatic rings. The fourth-order valence-corrected chi connectivity index (χ4v) is 2.27. The van der Waals surface area contributed by atoms with E-state index in [1.165, 1.54) is 12.8 Å². The molecule has 1 atom stereocenters. The molecule has 0 aliphatic heterocycles. The number of nitrogens with zero attached hydrogens (tertiary/aromatic N) is 1. The molecule has 1 saturated carbocycles. The molecule has 19 heavy (non-hydrogen) atoms. The average molecular weight is 261 g/mol. The summed E-state index contributed by atoms with van der Waals surface area (Å²) in [6.45, 7) is 4.94. The van der Waals surface area contributed by atoms with Gasteiger partial charge in [0.1, 0.15) is 0 Å². The summed E-state index contributed by atoms with van der Waals surface area (Å²) in [5, 5.41) is 6.33. The smallest absolute Gasteiger partial charge is 0.255 e. The van der Waals surface area contributed by atoms with Crippen molar-refractivity contribution in [2.75, 3.05) is 11.9 Å². The monoisotopic (exact) mass is 261 g/mol. The number of hydrogen-bond acceptors (Lipinski definition) is 3. The predicted octanol–water partition coefficient (Wildman–Crippen LogP) is 2.82. The average Bonchev–Trinajstić information content (AvgIpc) is 3.23. The molecule has 0 saturated heterocycles. The van der Waals surface area contributed by atoms with Gasteiger partial charge in [-0.2, -0.15) is 0 Å². The van der Waals surface area contributed by atoms with Crippen LogP contribution >= 0.6 is 0 Å². The number of anilines is 1. The van der Waals surface area contributed by atoms with Gasteiger partial charge in [0.15, 0.2) is 0 Å². The number of carbonyl (C=O) groups excluding carboxylic acids is 1. The van der Waals surface area contributed by atoms with Gasteiger partial charge >= 0.3 is 0 Å². The minimum absolute atomic E-state index is 0.0171. The largest absolute Gasteiger partial charge is 0.385 e. The van der Waals surface area contributed by atoms with Gasteiger partial charge < -0.3 is 10.6 Å². The number of amides is 1. The number of nitrogens with one attached hydrogen (secondary N) is 2. The van der Waals surface area contributed by atoms with E-state index in [0.29, 0.717) is 5.56 Å². The highest BCUT2D eigenvalue weighted by atomic mass is 16.1. The van der Waals surface area contributed by atoms with E-state index in [-0.39, 0.29) is 11.9 Å². The maximum absolute atomic E-state index is 12.3. The molecule has 1 heterocycles. The molecular formula is C15H23N3O. The van der Waals surface area contributed by atoms with Crippen LogP contribution in [0.2, 0.25) is 0 Å². The van der Waals surface area contributed by atoms with Crippen molar-refractivity contribution in [1.29, 1.82) is 0 Å². The Morgan fingerprint density at radius 2 is 2.26 bits per heavy atom. The zero-order valence-electron chi connectivity index (χ0n) is 11.8. The van der Waals surface area contributed by atoms with E-state index in [1.54, 1.807) is 12.4 Å². The molecule has 1 amide bonds. The predicted molar refractivity (Wildman–Crippen MR) is 77.3 cm³/mol. The van der Waals surface area contributed by atoms with Crippen LogP contribution in [0, 0.1) is 5.92 Å². The molecule has 0 bridgehead atoms. The van der Waals surface area contributed by atoms with Crippen molar-refractivity contribution in [2.45, 2.75) is 45.6 Å². The van der Waals surface area contributed by atoms with Crippen LogP contribution in [0.4, 0.5) is 5.69 Å². The number of aromatic nitrogens is 1. The molecule has 2 rings (SSSR count). The first kappa shape index (κ1) is 13.8. The zero-order valence-corrected chi connectivity index (χ0v) is 11.8. The SMILES string of the molecule is CCNc1ccncc1C(=O)NC(CC)CC1CC1. The van der Waals surface area contributed by atoms with Crippen molar-refractivity contribution < 1.29 is 4.79 Å². The zero-order chi connectivity index (χ0) is 13.7. The van der Waals surface area contributed by atoms with E-state index in [1.807, 2.05) is 13.0 Å². The molecule has 0 spiro atoms. The highest BCUT2D eigenvalue weighted by Crippen LogP contribution is 2.34. The topological polar surface area (TPSA) is 54.0 Å². The lowest BCUT2D eigenvalue weighted by molar-refractivity contribution is 0.0933. The third kappa shape index (κ3) is 3.94. The van der Waals surface area contributed by atoms with Gasteiger partial charge in [-0.25, -0.2) is 0 Å². The van der Waals surface area contributed by atoms with Crippen LogP contribution < -0.4 is 10.6 Å². The van der Waals surface area contributed by atoms with Crippen molar-refractivity contribution in [1.82, 2.24) is 10.3 Å². The number of rotatable bonds is 7. The fraction of sp³-hybridized carbons (Fsp3) is 0.600. The van der Waals surface area contributed by atoms with Gasteiger partial charge in [-0.15, -0.1) is 0 Å². The lowest BCUT2D eigenvalue weighted by Crippen LogP contribution is -2.35. The summed E-state index contributed by atoms with van der Waals surface area (Å²) in [5.41, 5.74) is 1.50. The molecule has 1 unspecified atom stereocenters. The van der Waals surface area contributed by atoms with Crippen LogP contribution in [-0.4, -0.2) is 23.5 Å². The molecule has 0 aromatic carbocycles. The minimum atomic E-state index is -0.0171. The first-order chi connectivity index (χ1) is 9.24. The third-order valence-corrected chi connectivity index (χ3v) is 3.58. The normalized spacial score (nSPS) is 15.9. The maximum Gasteiger partial charge on any atom is 0.255 e. The van der Waals surface area contributed by atoms with Crippen molar-refractivity contribution in [3.8, 4) is 0 Å². The first-order valence-corrected chi connectivity index (χ1v) is 7.23. The van der Waals surface area contributed by atoms with Crippen LogP contribution in [0.1, 0.15) is 49.9 Å². The molecular weight excluding hydrogens is 238 g/mol. The Bertz CT molecular complexity index is 429. The highest BCUT2D eigenvalue weighted by molar-refractivity contribution is 5.99. The van der Waals surface area contributed by atoms with Gasteiger partial charge in [-0.3, -0.25) is 9.78 Å². The van der Waals surface area contributed by atoms with Gasteiger partial charge in [0, 0.05) is 25.0 Å². The van der Waals surface area contributed by atoms with Gasteiger partial charge in [-0.05, 0) is 31.7 Å². The van der Waals surface area contributed by atoms with Crippen molar-refractivity contribution in [3.63, 3.8) is 0 Å². The van der Waals surface area contributed by atoms with Crippen molar-refractivity contribution in [2.24, 2.45) is 5.92 Å². The number of carbonyl (C=O) groups is 1. The third-order valence-electron chi connectivity index (χ3n) is 3.58. The number of pyridine rings is 1. The second-order valence-corrected chi connectivity index (χ2v) is 5.21. The van der Waals surface area contributed by atoms with E-state index in [2.05, 4.69) is 22.5 Å². The van der Waals surface area contributed by atoms with E-state index < -0.39 is 0 Å². The minimum Gasteiger partial charge on any atom is -0.385 e. The summed E-state index contributed by atoms with van der Waals surface area (Å²) in [5.74, 6) is 0.809. The summed E-state index contributed by atoms with van der Waals surface area (Å²) < 4.78 is 0. The van der Waals surface area contributed by atoms with E-state index >= 15 is 0 Å². The van der Waals surface area contributed by atoms with Gasteiger partial charge in [-0.1, -0.05) is 19.8 Å². The summed E-state index contributed by atoms with van der Waals surface area (Å²) in [7, 11) is 0. The van der Waals surface area contributed by atoms with E-state index in [4.69, 9.17) is 0 Å². The first-order valence-electron chi connectivity index (χ1n) is 7.23. The van der Waals surface area contributed by atoms with Gasteiger partial charge in [0.2, 0.25) is 0 Å². The second kappa shape index (κ2) is 6.55.